The van der Waals surface area contributed by atoms with Crippen molar-refractivity contribution in [1.29, 1.82) is 0 Å². The Morgan fingerprint density at radius 2 is 1.83 bits per heavy atom. The van der Waals surface area contributed by atoms with Crippen LogP contribution in [0.1, 0.15) is 19.4 Å². The minimum Gasteiger partial charge on any atom is -0.385 e. The molecule has 1 saturated heterocycles. The van der Waals surface area contributed by atoms with E-state index in [-0.39, 0.29) is 0 Å². The highest BCUT2D eigenvalue weighted by Crippen LogP contribution is 2.22. The Labute approximate surface area is 137 Å². The topological polar surface area (TPSA) is 95.8 Å². The molecule has 7 heteroatoms. The van der Waals surface area contributed by atoms with E-state index < -0.39 is 5.79 Å². The van der Waals surface area contributed by atoms with Gasteiger partial charge in [-0.15, -0.1) is 0 Å². The Kier molecular flexibility index (Phi) is 4.23. The van der Waals surface area contributed by atoms with Crippen LogP contribution in [0.5, 0.6) is 0 Å². The number of nitrogens with zero attached hydrogens (tertiary/aromatic N) is 4. The van der Waals surface area contributed by atoms with Crippen LogP contribution in [0.15, 0.2) is 40.9 Å². The molecule has 3 heterocycles. The van der Waals surface area contributed by atoms with Crippen molar-refractivity contribution in [1.82, 2.24) is 20.1 Å². The lowest BCUT2D eigenvalue weighted by Crippen LogP contribution is -2.63. The average Bonchev–Trinajstić information content (AvgIpc) is 2.54. The fourth-order valence-electron chi connectivity index (χ4n) is 3.07. The second kappa shape index (κ2) is 6.17. The second-order valence-electron chi connectivity index (χ2n) is 6.30. The Morgan fingerprint density at radius 1 is 1.17 bits per heavy atom. The highest BCUT2D eigenvalue weighted by atomic mass is 15.5. The van der Waals surface area contributed by atoms with Crippen molar-refractivity contribution < 1.29 is 0 Å². The summed E-state index contributed by atoms with van der Waals surface area (Å²) < 4.78 is 0. The molecule has 1 aromatic heterocycles. The van der Waals surface area contributed by atoms with E-state index in [0.29, 0.717) is 11.7 Å². The number of aliphatic imine (C=N–C) groups is 1. The number of nitrogens with one attached hydrogen (secondary N) is 1. The predicted molar refractivity (Wildman–Crippen MR) is 91.1 cm³/mol. The fourth-order valence-corrected chi connectivity index (χ4v) is 3.07. The van der Waals surface area contributed by atoms with Gasteiger partial charge in [0.25, 0.3) is 0 Å². The molecule has 1 atom stereocenters. The molecule has 0 radical (unpaired) electrons. The third-order valence-corrected chi connectivity index (χ3v) is 4.64. The molecule has 5 N–H and O–H groups in total. The van der Waals surface area contributed by atoms with E-state index in [1.165, 1.54) is 5.56 Å². The third-order valence-electron chi connectivity index (χ3n) is 4.64. The Balaban J connectivity index is 1.61. The first kappa shape index (κ1) is 15.8. The zero-order valence-corrected chi connectivity index (χ0v) is 13.8. The molecule has 7 nitrogen and oxygen atoms in total. The third kappa shape index (κ3) is 3.30. The van der Waals surface area contributed by atoms with Crippen molar-refractivity contribution in [2.24, 2.45) is 16.5 Å². The predicted octanol–water partition coefficient (Wildman–Crippen LogP) is 0.0235. The van der Waals surface area contributed by atoms with E-state index >= 15 is 0 Å². The quantitative estimate of drug-likeness (QED) is 0.728. The SMILES string of the molecule is CC1=C(N)NC(C)(N2CCN(Cc3ccncc3)CC2)N=C1N. The van der Waals surface area contributed by atoms with Gasteiger partial charge in [-0.05, 0) is 31.5 Å². The zero-order valence-electron chi connectivity index (χ0n) is 13.8. The normalized spacial score (nSPS) is 26.8. The fraction of sp³-hybridized carbons (Fsp3) is 0.500. The van der Waals surface area contributed by atoms with Crippen molar-refractivity contribution >= 4 is 5.84 Å². The van der Waals surface area contributed by atoms with Crippen molar-refractivity contribution in [3.05, 3.63) is 41.5 Å². The summed E-state index contributed by atoms with van der Waals surface area (Å²) in [6.07, 6.45) is 3.68. The van der Waals surface area contributed by atoms with E-state index in [0.717, 1.165) is 38.3 Å². The summed E-state index contributed by atoms with van der Waals surface area (Å²) in [5.74, 6) is 0.568. The van der Waals surface area contributed by atoms with Crippen LogP contribution in [-0.4, -0.2) is 52.6 Å². The summed E-state index contributed by atoms with van der Waals surface area (Å²) in [5.41, 5.74) is 14.2. The van der Waals surface area contributed by atoms with Crippen LogP contribution < -0.4 is 16.8 Å². The summed E-state index contributed by atoms with van der Waals surface area (Å²) in [6, 6.07) is 4.13. The summed E-state index contributed by atoms with van der Waals surface area (Å²) in [4.78, 5) is 13.4. The number of nitrogens with two attached hydrogens (primary N) is 2. The Morgan fingerprint density at radius 3 is 2.43 bits per heavy atom. The first-order valence-electron chi connectivity index (χ1n) is 7.94. The number of piperazine rings is 1. The van der Waals surface area contributed by atoms with Crippen molar-refractivity contribution in [3.8, 4) is 0 Å². The van der Waals surface area contributed by atoms with Gasteiger partial charge in [0.1, 0.15) is 11.7 Å². The number of hydrogen-bond donors (Lipinski definition) is 3. The van der Waals surface area contributed by atoms with Gasteiger partial charge in [0.15, 0.2) is 5.79 Å². The lowest BCUT2D eigenvalue weighted by Gasteiger charge is -2.45. The molecule has 2 aliphatic rings. The lowest BCUT2D eigenvalue weighted by molar-refractivity contribution is 0.0281. The molecule has 0 amide bonds. The molecule has 0 aromatic carbocycles. The minimum atomic E-state index is -0.559. The molecular formula is C16H25N7. The molecule has 3 rings (SSSR count). The van der Waals surface area contributed by atoms with Gasteiger partial charge in [-0.3, -0.25) is 14.8 Å². The highest BCUT2D eigenvalue weighted by Gasteiger charge is 2.36. The summed E-state index contributed by atoms with van der Waals surface area (Å²) in [6.45, 7) is 8.66. The molecule has 23 heavy (non-hydrogen) atoms. The number of hydrogen-bond acceptors (Lipinski definition) is 7. The van der Waals surface area contributed by atoms with Crippen LogP contribution in [0, 0.1) is 0 Å². The van der Waals surface area contributed by atoms with E-state index in [9.17, 15) is 0 Å². The molecule has 1 aromatic rings. The smallest absolute Gasteiger partial charge is 0.187 e. The van der Waals surface area contributed by atoms with Gasteiger partial charge >= 0.3 is 0 Å². The number of rotatable bonds is 3. The second-order valence-corrected chi connectivity index (χ2v) is 6.30. The molecule has 2 aliphatic heterocycles. The van der Waals surface area contributed by atoms with Crippen LogP contribution in [0.3, 0.4) is 0 Å². The van der Waals surface area contributed by atoms with Crippen LogP contribution in [0.25, 0.3) is 0 Å². The molecule has 1 unspecified atom stereocenters. The van der Waals surface area contributed by atoms with Crippen LogP contribution in [0.2, 0.25) is 0 Å². The molecular weight excluding hydrogens is 290 g/mol. The minimum absolute atomic E-state index is 0.517. The van der Waals surface area contributed by atoms with Crippen molar-refractivity contribution in [2.75, 3.05) is 26.2 Å². The van der Waals surface area contributed by atoms with Gasteiger partial charge in [0.2, 0.25) is 0 Å². The van der Waals surface area contributed by atoms with Crippen molar-refractivity contribution in [3.63, 3.8) is 0 Å². The van der Waals surface area contributed by atoms with Gasteiger partial charge < -0.3 is 16.8 Å². The van der Waals surface area contributed by atoms with E-state index in [1.807, 2.05) is 26.2 Å². The number of amidine groups is 1. The largest absolute Gasteiger partial charge is 0.385 e. The number of aromatic nitrogens is 1. The first-order chi connectivity index (χ1) is 11.0. The monoisotopic (exact) mass is 315 g/mol. The Hall–Kier alpha value is -2.12. The first-order valence-corrected chi connectivity index (χ1v) is 7.94. The molecule has 1 fully saturated rings. The molecule has 124 valence electrons. The van der Waals surface area contributed by atoms with Gasteiger partial charge in [0.05, 0.1) is 0 Å². The zero-order chi connectivity index (χ0) is 16.4. The van der Waals surface area contributed by atoms with E-state index in [1.54, 1.807) is 0 Å². The van der Waals surface area contributed by atoms with Crippen LogP contribution >= 0.6 is 0 Å². The molecule has 0 spiro atoms. The van der Waals surface area contributed by atoms with Gasteiger partial charge in [-0.2, -0.15) is 0 Å². The standard InChI is InChI=1S/C16H25N7/c1-12-14(17)20-16(2,21-15(12)18)23-9-7-22(8-10-23)11-13-3-5-19-6-4-13/h3-6,20H,7-11,17H2,1-2H3,(H2,18,21). The highest BCUT2D eigenvalue weighted by molar-refractivity contribution is 5.97. The average molecular weight is 315 g/mol. The lowest BCUT2D eigenvalue weighted by atomic mass is 10.1. The van der Waals surface area contributed by atoms with Gasteiger partial charge in [-0.1, -0.05) is 0 Å². The maximum Gasteiger partial charge on any atom is 0.187 e. The maximum atomic E-state index is 6.05. The summed E-state index contributed by atoms with van der Waals surface area (Å²) in [7, 11) is 0. The molecule has 0 saturated carbocycles. The summed E-state index contributed by atoms with van der Waals surface area (Å²) in [5, 5.41) is 3.30. The van der Waals surface area contributed by atoms with Gasteiger partial charge in [0, 0.05) is 50.7 Å². The maximum absolute atomic E-state index is 6.05. The summed E-state index contributed by atoms with van der Waals surface area (Å²) >= 11 is 0. The molecule has 0 aliphatic carbocycles. The van der Waals surface area contributed by atoms with Crippen LogP contribution in [0.4, 0.5) is 0 Å². The van der Waals surface area contributed by atoms with E-state index in [2.05, 4.69) is 37.2 Å². The number of pyridine rings is 1. The van der Waals surface area contributed by atoms with Crippen molar-refractivity contribution in [2.45, 2.75) is 26.2 Å². The van der Waals surface area contributed by atoms with E-state index in [4.69, 9.17) is 11.5 Å². The molecule has 0 bridgehead atoms. The van der Waals surface area contributed by atoms with Gasteiger partial charge in [-0.25, -0.2) is 4.99 Å². The Bertz CT molecular complexity index is 617. The van der Waals surface area contributed by atoms with Crippen LogP contribution in [-0.2, 0) is 6.54 Å².